The molecule has 0 bridgehead atoms. The molecule has 2 heterocycles. The summed E-state index contributed by atoms with van der Waals surface area (Å²) < 4.78 is 80.3. The Bertz CT molecular complexity index is 3430. The van der Waals surface area contributed by atoms with Crippen molar-refractivity contribution < 1.29 is 51.1 Å². The van der Waals surface area contributed by atoms with Gasteiger partial charge in [0.2, 0.25) is 0 Å². The van der Waals surface area contributed by atoms with Gasteiger partial charge >= 0.3 is 0 Å². The fraction of sp³-hybridized carbons (Fsp3) is 0.444. The van der Waals surface area contributed by atoms with Gasteiger partial charge in [-0.3, -0.25) is 0 Å². The Morgan fingerprint density at radius 3 is 1.06 bits per heavy atom. The van der Waals surface area contributed by atoms with Crippen LogP contribution in [0.2, 0.25) is 0 Å². The van der Waals surface area contributed by atoms with Crippen LogP contribution in [0.15, 0.2) is 146 Å². The van der Waals surface area contributed by atoms with Crippen molar-refractivity contribution in [3.8, 4) is 51.0 Å². The molecule has 0 fully saturated rings. The molecule has 14 heteroatoms. The minimum Gasteiger partial charge on any atom is -0.497 e. The normalized spacial score (nSPS) is 11.5. The zero-order valence-electron chi connectivity index (χ0n) is 56.7. The summed E-state index contributed by atoms with van der Waals surface area (Å²) in [4.78, 5) is 6.27. The molecule has 8 aromatic rings. The molecule has 0 saturated carbocycles. The molecular weight excluding hydrogens is 1250 g/mol. The van der Waals surface area contributed by atoms with Gasteiger partial charge in [-0.15, -0.1) is 29.3 Å². The van der Waals surface area contributed by atoms with Gasteiger partial charge in [-0.05, 0) is 189 Å². The average molecular weight is 1350 g/mol. The Labute approximate surface area is 571 Å². The van der Waals surface area contributed by atoms with Gasteiger partial charge in [-0.2, -0.15) is 0 Å². The standard InChI is InChI=1S/C46H47NO3S2.C35H54O2.3F2/c1-31-45(41-25-23-37(48-4)29-43(41)51-31)39-13-12-14-40(39)46-32(2)52-44-30-38(24-26-42(44)46)50-28-11-9-7-5-6-8-10-27-49-36-21-17-34(18-22-36)33-15-19-35(47-3)20-16-33;1-3-5-7-9-11-13-15-17-19-21-31-37-35-28-24-33(25-29-35)32-22-26-34(27-23-32)36-30-20-18-16-14-12-10-8-6-4-2;3*1-2/h15-26,29-30H,5-14,27-28H2,1-2,4H3;4,22-29H,2-3,5-21,30-31H2,1H3;;;. The van der Waals surface area contributed by atoms with Crippen molar-refractivity contribution in [1.82, 2.24) is 0 Å². The van der Waals surface area contributed by atoms with Crippen LogP contribution in [0.25, 0.3) is 58.4 Å². The number of unbranched alkanes of at least 4 members (excludes halogenated alkanes) is 22. The van der Waals surface area contributed by atoms with Crippen LogP contribution in [-0.4, -0.2) is 33.5 Å². The maximum atomic E-state index is 8.00. The first-order valence-corrected chi connectivity index (χ1v) is 36.2. The van der Waals surface area contributed by atoms with Crippen LogP contribution in [0.1, 0.15) is 208 Å². The predicted octanol–water partition coefficient (Wildman–Crippen LogP) is 28.1. The molecular formula is C81H101F6NO5S2. The largest absolute Gasteiger partial charge is 0.497 e. The number of thiophene rings is 2. The Morgan fingerprint density at radius 1 is 0.411 bits per heavy atom. The van der Waals surface area contributed by atoms with Crippen LogP contribution >= 0.6 is 22.7 Å². The van der Waals surface area contributed by atoms with Crippen molar-refractivity contribution in [2.24, 2.45) is 0 Å². The Morgan fingerprint density at radius 2 is 0.716 bits per heavy atom. The monoisotopic (exact) mass is 1350 g/mol. The number of ether oxygens (including phenoxy) is 5. The highest BCUT2D eigenvalue weighted by atomic mass is 32.1. The molecule has 1 aliphatic rings. The summed E-state index contributed by atoms with van der Waals surface area (Å²) in [5.41, 5.74) is 11.3. The van der Waals surface area contributed by atoms with Crippen molar-refractivity contribution in [2.75, 3.05) is 33.5 Å². The van der Waals surface area contributed by atoms with E-state index in [2.05, 4.69) is 129 Å². The molecule has 1 aliphatic carbocycles. The second-order valence-electron chi connectivity index (χ2n) is 24.2. The highest BCUT2D eigenvalue weighted by Gasteiger charge is 2.26. The number of hydrogen-bond donors (Lipinski definition) is 0. The number of halogens is 6. The smallest absolute Gasteiger partial charge is 0.187 e. The van der Waals surface area contributed by atoms with E-state index in [4.69, 9.17) is 57.7 Å². The van der Waals surface area contributed by atoms with E-state index < -0.39 is 0 Å². The molecule has 9 rings (SSSR count). The number of rotatable bonds is 40. The molecule has 0 amide bonds. The van der Waals surface area contributed by atoms with Crippen LogP contribution in [0, 0.1) is 20.4 Å². The summed E-state index contributed by atoms with van der Waals surface area (Å²) in [6.07, 6.45) is 37.5. The Hall–Kier alpha value is -7.21. The Kier molecular flexibility index (Phi) is 39.4. The van der Waals surface area contributed by atoms with E-state index in [1.807, 2.05) is 65.1 Å². The van der Waals surface area contributed by atoms with Gasteiger partial charge in [0.05, 0.1) is 40.1 Å². The lowest BCUT2D eigenvalue weighted by Crippen LogP contribution is -1.98. The highest BCUT2D eigenvalue weighted by molar-refractivity contribution is 7.19. The number of benzene rings is 6. The third-order valence-electron chi connectivity index (χ3n) is 17.4. The number of hydrogen-bond acceptors (Lipinski definition) is 7. The van der Waals surface area contributed by atoms with Gasteiger partial charge in [0.1, 0.15) is 28.7 Å². The van der Waals surface area contributed by atoms with Crippen molar-refractivity contribution in [1.29, 1.82) is 0 Å². The van der Waals surface area contributed by atoms with E-state index in [-0.39, 0.29) is 0 Å². The lowest BCUT2D eigenvalue weighted by molar-refractivity contribution is 0.108. The summed E-state index contributed by atoms with van der Waals surface area (Å²) in [7, 11) is 1.74. The maximum Gasteiger partial charge on any atom is 0.187 e. The van der Waals surface area contributed by atoms with E-state index in [9.17, 15) is 0 Å². The van der Waals surface area contributed by atoms with E-state index in [1.54, 1.807) is 7.11 Å². The first kappa shape index (κ1) is 78.5. The molecule has 0 N–H and O–H groups in total. The number of methoxy groups -OCH3 is 1. The van der Waals surface area contributed by atoms with Crippen LogP contribution in [-0.2, 0) is 0 Å². The van der Waals surface area contributed by atoms with Crippen molar-refractivity contribution in [3.05, 3.63) is 178 Å². The lowest BCUT2D eigenvalue weighted by Gasteiger charge is -2.11. The fourth-order valence-electron chi connectivity index (χ4n) is 12.3. The van der Waals surface area contributed by atoms with Crippen LogP contribution in [0.4, 0.5) is 33.1 Å². The minimum absolute atomic E-state index is 0.665. The topological polar surface area (TPSA) is 50.5 Å². The lowest BCUT2D eigenvalue weighted by atomic mass is 9.93. The summed E-state index contributed by atoms with van der Waals surface area (Å²) >= 11 is 3.79. The molecule has 6 aromatic carbocycles. The average Bonchev–Trinajstić information content (AvgIpc) is 1.60. The Balaban J connectivity index is 0.000000336. The molecule has 0 spiro atoms. The second kappa shape index (κ2) is 47.6. The van der Waals surface area contributed by atoms with E-state index in [0.29, 0.717) is 5.69 Å². The first-order chi connectivity index (χ1) is 46.8. The molecule has 2 aromatic heterocycles. The van der Waals surface area contributed by atoms with E-state index in [0.717, 1.165) is 111 Å². The summed E-state index contributed by atoms with van der Waals surface area (Å²) in [6.45, 7) is 20.9. The van der Waals surface area contributed by atoms with Gasteiger partial charge in [-0.1, -0.05) is 196 Å². The second-order valence-corrected chi connectivity index (χ2v) is 26.7. The molecule has 0 atom stereocenters. The first-order valence-electron chi connectivity index (χ1n) is 34.5. The van der Waals surface area contributed by atoms with Gasteiger partial charge in [0.25, 0.3) is 0 Å². The van der Waals surface area contributed by atoms with Gasteiger partial charge in [0, 0.05) is 57.4 Å². The number of allylic oxidation sites excluding steroid dienone is 3. The minimum atomic E-state index is 0.665. The van der Waals surface area contributed by atoms with Crippen molar-refractivity contribution >= 4 is 59.7 Å². The summed E-state index contributed by atoms with van der Waals surface area (Å²) in [5, 5.41) is 2.73. The summed E-state index contributed by atoms with van der Waals surface area (Å²) in [6, 6.07) is 46.2. The van der Waals surface area contributed by atoms with Gasteiger partial charge in [-0.25, -0.2) is 4.85 Å². The summed E-state index contributed by atoms with van der Waals surface area (Å²) in [5.74, 6) is 4.76. The molecule has 6 nitrogen and oxygen atoms in total. The third kappa shape index (κ3) is 27.1. The number of aryl methyl sites for hydroxylation is 2. The van der Waals surface area contributed by atoms with Gasteiger partial charge in [0.15, 0.2) is 5.69 Å². The third-order valence-corrected chi connectivity index (χ3v) is 19.5. The van der Waals surface area contributed by atoms with Gasteiger partial charge < -0.3 is 23.7 Å². The maximum absolute atomic E-state index is 8.00. The van der Waals surface area contributed by atoms with Crippen LogP contribution in [0.5, 0.6) is 28.7 Å². The van der Waals surface area contributed by atoms with Crippen molar-refractivity contribution in [2.45, 2.75) is 201 Å². The van der Waals surface area contributed by atoms with Crippen LogP contribution in [0.3, 0.4) is 0 Å². The molecule has 0 unspecified atom stereocenters. The fourth-order valence-corrected chi connectivity index (χ4v) is 14.6. The van der Waals surface area contributed by atoms with E-state index >= 15 is 0 Å². The molecule has 0 radical (unpaired) electrons. The zero-order valence-corrected chi connectivity index (χ0v) is 58.3. The number of fused-ring (bicyclic) bond motifs is 2. The number of nitrogens with zero attached hydrogens (tertiary/aromatic N) is 1. The quantitative estimate of drug-likeness (QED) is 0.0166. The molecule has 0 saturated heterocycles. The van der Waals surface area contributed by atoms with E-state index in [1.165, 1.54) is 198 Å². The molecule has 0 aliphatic heterocycles. The van der Waals surface area contributed by atoms with Crippen LogP contribution < -0.4 is 23.7 Å². The molecule has 95 heavy (non-hydrogen) atoms. The zero-order chi connectivity index (χ0) is 68.1. The molecule has 514 valence electrons. The highest BCUT2D eigenvalue weighted by Crippen LogP contribution is 2.50. The predicted molar refractivity (Wildman–Crippen MR) is 390 cm³/mol. The SMILES string of the molecule is C=CCCCCCCCCCOc1ccc(-c2ccc(OCCCCCCCCCCCC)cc2)cc1.FF.FF.FF.[C-]#[N+]c1ccc(-c2ccc(OCCCCCCCCCOc3ccc4c(C5=C(c6c(C)sc7cc(OC)ccc67)CCC5)c(C)sc4c3)cc2)cc1. The van der Waals surface area contributed by atoms with Crippen molar-refractivity contribution in [3.63, 3.8) is 0 Å².